The van der Waals surface area contributed by atoms with E-state index in [-0.39, 0.29) is 17.9 Å². The minimum Gasteiger partial charge on any atom is -0.495 e. The van der Waals surface area contributed by atoms with Crippen molar-refractivity contribution in [3.63, 3.8) is 0 Å². The fraction of sp³-hybridized carbons (Fsp3) is 0.259. The van der Waals surface area contributed by atoms with Crippen LogP contribution in [-0.2, 0) is 5.66 Å². The highest BCUT2D eigenvalue weighted by molar-refractivity contribution is 6.32. The molecular weight excluding hydrogens is 452 g/mol. The highest BCUT2D eigenvalue weighted by Crippen LogP contribution is 2.51. The monoisotopic (exact) mass is 476 g/mol. The van der Waals surface area contributed by atoms with Gasteiger partial charge in [-0.1, -0.05) is 35.9 Å². The van der Waals surface area contributed by atoms with Crippen LogP contribution < -0.4 is 9.47 Å². The molecule has 174 valence electrons. The third kappa shape index (κ3) is 3.24. The van der Waals surface area contributed by atoms with Crippen molar-refractivity contribution in [1.29, 1.82) is 0 Å². The third-order valence-corrected chi connectivity index (χ3v) is 6.67. The Morgan fingerprint density at radius 3 is 2.44 bits per heavy atom. The zero-order valence-corrected chi connectivity index (χ0v) is 20.0. The van der Waals surface area contributed by atoms with Gasteiger partial charge >= 0.3 is 0 Å². The van der Waals surface area contributed by atoms with Crippen molar-refractivity contribution in [3.05, 3.63) is 94.0 Å². The lowest BCUT2D eigenvalue weighted by Gasteiger charge is -2.40. The Kier molecular flexibility index (Phi) is 5.48. The molecule has 2 aliphatic rings. The molecule has 0 aromatic heterocycles. The molecule has 3 aromatic rings. The van der Waals surface area contributed by atoms with E-state index in [1.54, 1.807) is 53.3 Å². The van der Waals surface area contributed by atoms with Crippen LogP contribution in [0.3, 0.4) is 0 Å². The largest absolute Gasteiger partial charge is 0.495 e. The van der Waals surface area contributed by atoms with Crippen LogP contribution in [0.1, 0.15) is 45.7 Å². The van der Waals surface area contributed by atoms with E-state index in [0.717, 1.165) is 11.1 Å². The van der Waals surface area contributed by atoms with Crippen LogP contribution in [0.5, 0.6) is 11.5 Å². The van der Waals surface area contributed by atoms with Crippen molar-refractivity contribution in [2.75, 3.05) is 20.2 Å². The van der Waals surface area contributed by atoms with Gasteiger partial charge in [-0.05, 0) is 56.3 Å². The summed E-state index contributed by atoms with van der Waals surface area (Å²) in [6.07, 6.45) is 0.0396. The molecule has 1 fully saturated rings. The summed E-state index contributed by atoms with van der Waals surface area (Å²) in [5.41, 5.74) is 1.53. The number of benzene rings is 3. The van der Waals surface area contributed by atoms with Crippen LogP contribution in [0.4, 0.5) is 0 Å². The van der Waals surface area contributed by atoms with Crippen molar-refractivity contribution in [2.24, 2.45) is 0 Å². The molecule has 3 aromatic carbocycles. The molecule has 2 heterocycles. The van der Waals surface area contributed by atoms with Gasteiger partial charge in [0.05, 0.1) is 18.2 Å². The lowest BCUT2D eigenvalue weighted by atomic mass is 9.89. The summed E-state index contributed by atoms with van der Waals surface area (Å²) in [4.78, 5) is 30.9. The lowest BCUT2D eigenvalue weighted by Crippen LogP contribution is -2.51. The maximum absolute atomic E-state index is 13.9. The molecule has 0 spiro atoms. The molecule has 2 amide bonds. The van der Waals surface area contributed by atoms with Crippen LogP contribution in [0.2, 0.25) is 5.02 Å². The Labute approximate surface area is 203 Å². The first-order valence-corrected chi connectivity index (χ1v) is 11.6. The zero-order valence-electron chi connectivity index (χ0n) is 19.2. The summed E-state index contributed by atoms with van der Waals surface area (Å²) in [6, 6.07) is 20.0. The predicted molar refractivity (Wildman–Crippen MR) is 130 cm³/mol. The highest BCUT2D eigenvalue weighted by atomic mass is 35.5. The number of carbonyl (C=O) groups is 2. The fourth-order valence-electron chi connectivity index (χ4n) is 5.03. The van der Waals surface area contributed by atoms with E-state index in [0.29, 0.717) is 40.7 Å². The van der Waals surface area contributed by atoms with E-state index in [1.807, 2.05) is 44.2 Å². The number of hydrogen-bond donors (Lipinski definition) is 0. The first-order chi connectivity index (χ1) is 16.4. The van der Waals surface area contributed by atoms with Crippen LogP contribution in [0.15, 0.2) is 66.7 Å². The Morgan fingerprint density at radius 2 is 1.76 bits per heavy atom. The number of carbonyl (C=O) groups excluding carboxylic acids is 2. The maximum atomic E-state index is 13.9. The van der Waals surface area contributed by atoms with E-state index < -0.39 is 5.66 Å². The molecule has 7 heteroatoms. The zero-order chi connectivity index (χ0) is 24.0. The first-order valence-electron chi connectivity index (χ1n) is 11.2. The number of rotatable bonds is 5. The minimum atomic E-state index is -1.09. The minimum absolute atomic E-state index is 0.0396. The standard InChI is InChI=1S/C27H25ClN2O4/c1-17(2)34-20-11-8-18(9-12-20)25(31)29-14-15-30-26(32)21-6-4-5-7-22(21)27(29,30)19-10-13-24(33-3)23(28)16-19/h4-13,16-17H,14-15H2,1-3H3. The van der Waals surface area contributed by atoms with Crippen molar-refractivity contribution in [1.82, 2.24) is 9.80 Å². The second-order valence-corrected chi connectivity index (χ2v) is 9.08. The van der Waals surface area contributed by atoms with Gasteiger partial charge in [0.2, 0.25) is 0 Å². The molecule has 5 rings (SSSR count). The first kappa shape index (κ1) is 22.3. The van der Waals surface area contributed by atoms with Gasteiger partial charge in [0.25, 0.3) is 11.8 Å². The smallest absolute Gasteiger partial charge is 0.256 e. The van der Waals surface area contributed by atoms with Crippen LogP contribution >= 0.6 is 11.6 Å². The molecular formula is C27H25ClN2O4. The van der Waals surface area contributed by atoms with Crippen LogP contribution in [0, 0.1) is 0 Å². The molecule has 2 aliphatic heterocycles. The molecule has 6 nitrogen and oxygen atoms in total. The Balaban J connectivity index is 1.65. The molecule has 0 N–H and O–H groups in total. The fourth-order valence-corrected chi connectivity index (χ4v) is 5.29. The van der Waals surface area contributed by atoms with E-state index in [9.17, 15) is 9.59 Å². The highest BCUT2D eigenvalue weighted by Gasteiger charge is 2.59. The summed E-state index contributed by atoms with van der Waals surface area (Å²) in [7, 11) is 1.55. The molecule has 34 heavy (non-hydrogen) atoms. The molecule has 0 saturated carbocycles. The van der Waals surface area contributed by atoms with Gasteiger partial charge in [0, 0.05) is 35.3 Å². The van der Waals surface area contributed by atoms with Gasteiger partial charge in [-0.3, -0.25) is 9.59 Å². The van der Waals surface area contributed by atoms with E-state index >= 15 is 0 Å². The van der Waals surface area contributed by atoms with Crippen molar-refractivity contribution < 1.29 is 19.1 Å². The average molecular weight is 477 g/mol. The van der Waals surface area contributed by atoms with E-state index in [2.05, 4.69) is 0 Å². The van der Waals surface area contributed by atoms with E-state index in [4.69, 9.17) is 21.1 Å². The molecule has 0 bridgehead atoms. The average Bonchev–Trinajstić information content (AvgIpc) is 3.34. The van der Waals surface area contributed by atoms with Gasteiger partial charge in [-0.2, -0.15) is 0 Å². The quantitative estimate of drug-likeness (QED) is 0.523. The van der Waals surface area contributed by atoms with Gasteiger partial charge in [0.1, 0.15) is 11.5 Å². The van der Waals surface area contributed by atoms with Crippen LogP contribution in [-0.4, -0.2) is 47.9 Å². The summed E-state index contributed by atoms with van der Waals surface area (Å²) >= 11 is 6.52. The normalized spacial score (nSPS) is 18.8. The van der Waals surface area contributed by atoms with Crippen molar-refractivity contribution >= 4 is 23.4 Å². The lowest BCUT2D eigenvalue weighted by molar-refractivity contribution is 0.0375. The second kappa shape index (κ2) is 8.37. The number of ether oxygens (including phenoxy) is 2. The Morgan fingerprint density at radius 1 is 1.03 bits per heavy atom. The van der Waals surface area contributed by atoms with Gasteiger partial charge in [0.15, 0.2) is 5.66 Å². The predicted octanol–water partition coefficient (Wildman–Crippen LogP) is 4.95. The van der Waals surface area contributed by atoms with Gasteiger partial charge in [-0.15, -0.1) is 0 Å². The summed E-state index contributed by atoms with van der Waals surface area (Å²) < 4.78 is 11.1. The Bertz CT molecular complexity index is 1270. The molecule has 1 unspecified atom stereocenters. The summed E-state index contributed by atoms with van der Waals surface area (Å²) in [5.74, 6) is 0.962. The summed E-state index contributed by atoms with van der Waals surface area (Å²) in [6.45, 7) is 4.72. The molecule has 1 atom stereocenters. The number of amides is 2. The second-order valence-electron chi connectivity index (χ2n) is 8.67. The number of halogens is 1. The summed E-state index contributed by atoms with van der Waals surface area (Å²) in [5, 5.41) is 0.417. The molecule has 1 saturated heterocycles. The van der Waals surface area contributed by atoms with Gasteiger partial charge in [-0.25, -0.2) is 0 Å². The number of methoxy groups -OCH3 is 1. The Hall–Kier alpha value is -3.51. The maximum Gasteiger partial charge on any atom is 0.256 e. The number of hydrogen-bond acceptors (Lipinski definition) is 4. The topological polar surface area (TPSA) is 59.1 Å². The molecule has 0 radical (unpaired) electrons. The van der Waals surface area contributed by atoms with Crippen LogP contribution in [0.25, 0.3) is 0 Å². The number of nitrogens with zero attached hydrogens (tertiary/aromatic N) is 2. The van der Waals surface area contributed by atoms with Crippen molar-refractivity contribution in [3.8, 4) is 11.5 Å². The third-order valence-electron chi connectivity index (χ3n) is 6.38. The van der Waals surface area contributed by atoms with E-state index in [1.165, 1.54) is 0 Å². The van der Waals surface area contributed by atoms with Gasteiger partial charge < -0.3 is 19.3 Å². The number of fused-ring (bicyclic) bond motifs is 3. The van der Waals surface area contributed by atoms with Crippen molar-refractivity contribution in [2.45, 2.75) is 25.6 Å². The molecule has 0 aliphatic carbocycles. The SMILES string of the molecule is COc1ccc(C23c4ccccc4C(=O)N2CCN3C(=O)c2ccc(OC(C)C)cc2)cc1Cl.